The van der Waals surface area contributed by atoms with E-state index >= 15 is 0 Å². The number of aliphatic hydroxyl groups excluding tert-OH is 1. The molecule has 0 saturated heterocycles. The third-order valence-electron chi connectivity index (χ3n) is 13.4. The van der Waals surface area contributed by atoms with Gasteiger partial charge in [-0.2, -0.15) is 0 Å². The molecule has 0 bridgehead atoms. The minimum Gasteiger partial charge on any atom is -0.393 e. The number of carbonyl (C=O) groups excluding carboxylic acids is 4. The molecule has 4 amide bonds. The highest BCUT2D eigenvalue weighted by Gasteiger charge is 2.34. The minimum atomic E-state index is -1.04. The Labute approximate surface area is 380 Å². The largest absolute Gasteiger partial charge is 0.393 e. The fraction of sp³-hybridized carbons (Fsp3) is 0.472. The molecule has 64 heavy (non-hydrogen) atoms. The Morgan fingerprint density at radius 3 is 1.33 bits per heavy atom. The number of rotatable bonds is 22. The van der Waals surface area contributed by atoms with Gasteiger partial charge in [0.1, 0.15) is 12.1 Å². The topological polar surface area (TPSA) is 161 Å². The van der Waals surface area contributed by atoms with E-state index in [0.29, 0.717) is 38.8 Å². The third-order valence-corrected chi connectivity index (χ3v) is 13.4. The number of nitrogens with one attached hydrogen (secondary N) is 6. The SMILES string of the molecule is CC[C@H](C)[C@H](NC(=O)[C@H](Cc1ccccc1)CC(O)C[C@@H](Cc1ccccc1)C(=O)N[C@@H](C(=O)NCC1CCc2ccccc2N1)[C@@H](C)CC)C(=O)NCC1CCc2ccccc2N1. The van der Waals surface area contributed by atoms with Crippen molar-refractivity contribution in [1.82, 2.24) is 21.3 Å². The summed E-state index contributed by atoms with van der Waals surface area (Å²) in [6, 6.07) is 34.4. The first-order chi connectivity index (χ1) is 31.0. The number of fused-ring (bicyclic) bond motifs is 2. The minimum absolute atomic E-state index is 0.0709. The van der Waals surface area contributed by atoms with Crippen LogP contribution >= 0.6 is 0 Å². The van der Waals surface area contributed by atoms with E-state index in [4.69, 9.17) is 0 Å². The second kappa shape index (κ2) is 23.8. The molecule has 0 radical (unpaired) electrons. The lowest BCUT2D eigenvalue weighted by Gasteiger charge is -2.31. The molecule has 0 spiro atoms. The van der Waals surface area contributed by atoms with Gasteiger partial charge in [0.05, 0.1) is 6.10 Å². The molecule has 2 heterocycles. The highest BCUT2D eigenvalue weighted by Crippen LogP contribution is 2.27. The molecule has 0 saturated carbocycles. The summed E-state index contributed by atoms with van der Waals surface area (Å²) in [4.78, 5) is 56.5. The monoisotopic (exact) mass is 871 g/mol. The van der Waals surface area contributed by atoms with Crippen molar-refractivity contribution in [3.05, 3.63) is 131 Å². The van der Waals surface area contributed by atoms with Crippen LogP contribution in [-0.2, 0) is 44.9 Å². The zero-order valence-corrected chi connectivity index (χ0v) is 38.2. The molecular weight excluding hydrogens is 801 g/mol. The molecule has 2 aliphatic heterocycles. The smallest absolute Gasteiger partial charge is 0.242 e. The summed E-state index contributed by atoms with van der Waals surface area (Å²) < 4.78 is 0. The van der Waals surface area contributed by atoms with Crippen LogP contribution in [0, 0.1) is 23.7 Å². The fourth-order valence-corrected chi connectivity index (χ4v) is 9.04. The number of anilines is 2. The van der Waals surface area contributed by atoms with Gasteiger partial charge in [0.25, 0.3) is 0 Å². The molecule has 2 aliphatic rings. The summed E-state index contributed by atoms with van der Waals surface area (Å²) in [6.07, 6.45) is 4.78. The quantitative estimate of drug-likeness (QED) is 0.0448. The predicted molar refractivity (Wildman–Crippen MR) is 256 cm³/mol. The molecule has 3 unspecified atom stereocenters. The Morgan fingerprint density at radius 2 is 0.938 bits per heavy atom. The summed E-state index contributed by atoms with van der Waals surface area (Å²) in [5.41, 5.74) is 6.55. The normalized spacial score (nSPS) is 18.7. The van der Waals surface area contributed by atoms with E-state index in [2.05, 4.69) is 56.2 Å². The summed E-state index contributed by atoms with van der Waals surface area (Å²) in [6.45, 7) is 8.79. The van der Waals surface area contributed by atoms with Crippen LogP contribution in [0.1, 0.15) is 88.5 Å². The molecule has 342 valence electrons. The number of para-hydroxylation sites is 2. The summed E-state index contributed by atoms with van der Waals surface area (Å²) >= 11 is 0. The van der Waals surface area contributed by atoms with Gasteiger partial charge in [0, 0.05) is 48.4 Å². The lowest BCUT2D eigenvalue weighted by atomic mass is 9.86. The first-order valence-electron chi connectivity index (χ1n) is 23.6. The van der Waals surface area contributed by atoms with Gasteiger partial charge < -0.3 is 37.0 Å². The van der Waals surface area contributed by atoms with Crippen molar-refractivity contribution < 1.29 is 24.3 Å². The maximum Gasteiger partial charge on any atom is 0.242 e. The van der Waals surface area contributed by atoms with Gasteiger partial charge in [-0.15, -0.1) is 0 Å². The van der Waals surface area contributed by atoms with E-state index in [0.717, 1.165) is 48.2 Å². The van der Waals surface area contributed by atoms with Gasteiger partial charge in [0.2, 0.25) is 23.6 Å². The van der Waals surface area contributed by atoms with E-state index in [1.165, 1.54) is 11.1 Å². The van der Waals surface area contributed by atoms with E-state index in [9.17, 15) is 24.3 Å². The Balaban J connectivity index is 1.13. The average Bonchev–Trinajstić information content (AvgIpc) is 3.32. The summed E-state index contributed by atoms with van der Waals surface area (Å²) in [7, 11) is 0. The van der Waals surface area contributed by atoms with Crippen molar-refractivity contribution in [2.75, 3.05) is 23.7 Å². The number of aliphatic hydroxyl groups is 1. The molecule has 11 heteroatoms. The molecule has 4 aromatic rings. The molecular formula is C53H70N6O5. The maximum atomic E-state index is 14.4. The van der Waals surface area contributed by atoms with Gasteiger partial charge >= 0.3 is 0 Å². The van der Waals surface area contributed by atoms with Gasteiger partial charge in [-0.1, -0.05) is 138 Å². The van der Waals surface area contributed by atoms with Crippen LogP contribution in [-0.4, -0.2) is 72.1 Å². The zero-order valence-electron chi connectivity index (χ0n) is 38.2. The van der Waals surface area contributed by atoms with Crippen LogP contribution in [0.25, 0.3) is 0 Å². The van der Waals surface area contributed by atoms with Crippen molar-refractivity contribution in [2.24, 2.45) is 23.7 Å². The molecule has 11 nitrogen and oxygen atoms in total. The van der Waals surface area contributed by atoms with Crippen molar-refractivity contribution in [3.8, 4) is 0 Å². The van der Waals surface area contributed by atoms with Crippen molar-refractivity contribution >= 4 is 35.0 Å². The molecule has 0 fully saturated rings. The van der Waals surface area contributed by atoms with Gasteiger partial charge in [0.15, 0.2) is 0 Å². The Kier molecular flexibility index (Phi) is 17.8. The first kappa shape index (κ1) is 47.8. The molecule has 7 N–H and O–H groups in total. The second-order valence-electron chi connectivity index (χ2n) is 18.2. The van der Waals surface area contributed by atoms with Crippen molar-refractivity contribution in [1.29, 1.82) is 0 Å². The first-order valence-corrected chi connectivity index (χ1v) is 23.6. The Morgan fingerprint density at radius 1 is 0.562 bits per heavy atom. The van der Waals surface area contributed by atoms with Crippen LogP contribution in [0.5, 0.6) is 0 Å². The molecule has 0 aromatic heterocycles. The van der Waals surface area contributed by atoms with E-state index in [-0.39, 0.29) is 60.4 Å². The predicted octanol–water partition coefficient (Wildman–Crippen LogP) is 6.99. The van der Waals surface area contributed by atoms with Crippen LogP contribution in [0.3, 0.4) is 0 Å². The van der Waals surface area contributed by atoms with Crippen LogP contribution in [0.4, 0.5) is 11.4 Å². The van der Waals surface area contributed by atoms with Crippen molar-refractivity contribution in [3.63, 3.8) is 0 Å². The van der Waals surface area contributed by atoms with Crippen LogP contribution < -0.4 is 31.9 Å². The number of carbonyl (C=O) groups is 4. The van der Waals surface area contributed by atoms with Gasteiger partial charge in [-0.3, -0.25) is 19.2 Å². The van der Waals surface area contributed by atoms with Crippen molar-refractivity contribution in [2.45, 2.75) is 122 Å². The number of benzene rings is 4. The number of hydrogen-bond acceptors (Lipinski definition) is 7. The highest BCUT2D eigenvalue weighted by atomic mass is 16.3. The van der Waals surface area contributed by atoms with Gasteiger partial charge in [-0.05, 0) is 97.6 Å². The average molecular weight is 871 g/mol. The molecule has 0 aliphatic carbocycles. The molecule has 6 rings (SSSR count). The number of aryl methyl sites for hydroxylation is 2. The standard InChI is InChI=1S/C53H70N6O5/c1-5-35(3)48(52(63)54-33-43-27-25-39-21-13-15-23-46(39)56-43)58-50(61)41(29-37-17-9-7-10-18-37)31-45(60)32-42(30-38-19-11-8-12-20-38)51(62)59-49(36(4)6-2)53(64)55-34-44-28-26-40-22-14-16-24-47(40)57-44/h7-24,35-36,41-45,48-49,56-57,60H,5-6,25-34H2,1-4H3,(H,54,63)(H,55,64)(H,58,61)(H,59,62)/t35-,36-,41+,42+,43?,44?,45?,48-,49+/m0/s1. The van der Waals surface area contributed by atoms with E-state index in [1.54, 1.807) is 0 Å². The molecule has 9 atom stereocenters. The third kappa shape index (κ3) is 13.7. The lowest BCUT2D eigenvalue weighted by molar-refractivity contribution is -0.134. The Bertz CT molecular complexity index is 1970. The Hall–Kier alpha value is -5.68. The van der Waals surface area contributed by atoms with Crippen LogP contribution in [0.2, 0.25) is 0 Å². The number of amides is 4. The zero-order chi connectivity index (χ0) is 45.4. The van der Waals surface area contributed by atoms with Crippen LogP contribution in [0.15, 0.2) is 109 Å². The lowest BCUT2D eigenvalue weighted by Crippen LogP contribution is -2.54. The summed E-state index contributed by atoms with van der Waals surface area (Å²) in [5, 5.41) is 31.4. The highest BCUT2D eigenvalue weighted by molar-refractivity contribution is 5.90. The molecule has 4 aromatic carbocycles. The second-order valence-corrected chi connectivity index (χ2v) is 18.2. The van der Waals surface area contributed by atoms with E-state index in [1.807, 2.05) is 113 Å². The van der Waals surface area contributed by atoms with E-state index < -0.39 is 30.0 Å². The number of hydrogen-bond donors (Lipinski definition) is 7. The van der Waals surface area contributed by atoms with Gasteiger partial charge in [-0.25, -0.2) is 0 Å². The fourth-order valence-electron chi connectivity index (χ4n) is 9.04. The summed E-state index contributed by atoms with van der Waals surface area (Å²) in [5.74, 6) is -2.76. The maximum absolute atomic E-state index is 14.4.